The summed E-state index contributed by atoms with van der Waals surface area (Å²) in [6.45, 7) is 4.19. The maximum atomic E-state index is 12.6. The first-order valence-corrected chi connectivity index (χ1v) is 21.0. The summed E-state index contributed by atoms with van der Waals surface area (Å²) < 4.78 is 5.89. The van der Waals surface area contributed by atoms with Crippen LogP contribution in [0.3, 0.4) is 0 Å². The third kappa shape index (κ3) is 38.5. The molecule has 0 fully saturated rings. The Balaban J connectivity index is 3.94. The summed E-state index contributed by atoms with van der Waals surface area (Å²) in [6.07, 6.45) is 46.1. The van der Waals surface area contributed by atoms with Gasteiger partial charge in [0.2, 0.25) is 5.91 Å². The lowest BCUT2D eigenvalue weighted by molar-refractivity contribution is -0.147. The van der Waals surface area contributed by atoms with E-state index in [4.69, 9.17) is 9.84 Å². The molecule has 0 aliphatic carbocycles. The Kier molecular flexibility index (Phi) is 37.0. The van der Waals surface area contributed by atoms with E-state index in [0.29, 0.717) is 12.8 Å². The highest BCUT2D eigenvalue weighted by Crippen LogP contribution is 2.16. The predicted octanol–water partition coefficient (Wildman–Crippen LogP) is 12.7. The lowest BCUT2D eigenvalue weighted by Gasteiger charge is -2.15. The number of hydrogen-bond acceptors (Lipinski definition) is 4. The van der Waals surface area contributed by atoms with Gasteiger partial charge < -0.3 is 15.2 Å². The van der Waals surface area contributed by atoms with Crippen molar-refractivity contribution in [1.82, 2.24) is 5.32 Å². The van der Waals surface area contributed by atoms with Gasteiger partial charge in [0, 0.05) is 12.8 Å². The summed E-state index contributed by atoms with van der Waals surface area (Å²) in [4.78, 5) is 34.9. The molecule has 6 nitrogen and oxygen atoms in total. The van der Waals surface area contributed by atoms with E-state index >= 15 is 0 Å². The first-order valence-electron chi connectivity index (χ1n) is 21.0. The molecule has 286 valence electrons. The van der Waals surface area contributed by atoms with E-state index in [1.165, 1.54) is 141 Å². The third-order valence-corrected chi connectivity index (χ3v) is 9.33. The topological polar surface area (TPSA) is 92.7 Å². The van der Waals surface area contributed by atoms with E-state index in [1.54, 1.807) is 0 Å². The molecule has 0 aliphatic rings. The Bertz CT molecular complexity index is 808. The SMILES string of the molecule is CCCCCCC/C=C\C(CCCCCCC(=O)NCC(=O)O)OC(=O)CCCCCCCCCCC/C=C\CCCCCCCCCC. The monoisotopic (exact) mass is 690 g/mol. The molecule has 0 heterocycles. The van der Waals surface area contributed by atoms with Crippen molar-refractivity contribution in [3.8, 4) is 0 Å². The van der Waals surface area contributed by atoms with Crippen molar-refractivity contribution < 1.29 is 24.2 Å². The van der Waals surface area contributed by atoms with Crippen LogP contribution < -0.4 is 5.32 Å². The molecule has 0 aromatic heterocycles. The fraction of sp³-hybridized carbons (Fsp3) is 0.837. The van der Waals surface area contributed by atoms with Crippen LogP contribution in [0.15, 0.2) is 24.3 Å². The van der Waals surface area contributed by atoms with E-state index in [9.17, 15) is 14.4 Å². The molecule has 0 radical (unpaired) electrons. The largest absolute Gasteiger partial charge is 0.480 e. The molecule has 2 N–H and O–H groups in total. The number of carbonyl (C=O) groups is 3. The summed E-state index contributed by atoms with van der Waals surface area (Å²) in [6, 6.07) is 0. The van der Waals surface area contributed by atoms with Gasteiger partial charge in [0.1, 0.15) is 12.6 Å². The molecule has 1 amide bonds. The average molecular weight is 690 g/mol. The Morgan fingerprint density at radius 3 is 1.43 bits per heavy atom. The predicted molar refractivity (Wildman–Crippen MR) is 208 cm³/mol. The lowest BCUT2D eigenvalue weighted by atomic mass is 10.0. The van der Waals surface area contributed by atoms with Crippen molar-refractivity contribution in [2.75, 3.05) is 6.54 Å². The van der Waals surface area contributed by atoms with Crippen LogP contribution >= 0.6 is 0 Å². The van der Waals surface area contributed by atoms with Crippen molar-refractivity contribution in [3.63, 3.8) is 0 Å². The van der Waals surface area contributed by atoms with Crippen LogP contribution in [0.1, 0.15) is 219 Å². The highest BCUT2D eigenvalue weighted by Gasteiger charge is 2.12. The number of aliphatic carboxylic acids is 1. The molecular formula is C43H79NO5. The highest BCUT2D eigenvalue weighted by molar-refractivity contribution is 5.80. The Labute approximate surface area is 303 Å². The van der Waals surface area contributed by atoms with Gasteiger partial charge in [-0.1, -0.05) is 160 Å². The second-order valence-corrected chi connectivity index (χ2v) is 14.2. The van der Waals surface area contributed by atoms with Gasteiger partial charge in [-0.3, -0.25) is 14.4 Å². The molecule has 0 rings (SSSR count). The first-order chi connectivity index (χ1) is 24.0. The number of unbranched alkanes of at least 4 members (excludes halogenated alkanes) is 25. The summed E-state index contributed by atoms with van der Waals surface area (Å²) >= 11 is 0. The smallest absolute Gasteiger partial charge is 0.322 e. The third-order valence-electron chi connectivity index (χ3n) is 9.33. The van der Waals surface area contributed by atoms with Crippen molar-refractivity contribution in [3.05, 3.63) is 24.3 Å². The number of esters is 1. The van der Waals surface area contributed by atoms with E-state index in [-0.39, 0.29) is 24.5 Å². The summed E-state index contributed by atoms with van der Waals surface area (Å²) in [5, 5.41) is 11.1. The highest BCUT2D eigenvalue weighted by atomic mass is 16.5. The zero-order valence-corrected chi connectivity index (χ0v) is 32.3. The number of carbonyl (C=O) groups excluding carboxylic acids is 2. The number of ether oxygens (including phenoxy) is 1. The van der Waals surface area contributed by atoms with E-state index in [0.717, 1.165) is 51.4 Å². The minimum Gasteiger partial charge on any atom is -0.480 e. The van der Waals surface area contributed by atoms with Crippen molar-refractivity contribution >= 4 is 17.8 Å². The Hall–Kier alpha value is -2.11. The molecule has 6 heteroatoms. The zero-order valence-electron chi connectivity index (χ0n) is 32.3. The maximum absolute atomic E-state index is 12.6. The number of carboxylic acids is 1. The minimum absolute atomic E-state index is 0.0837. The molecule has 49 heavy (non-hydrogen) atoms. The standard InChI is InChI=1S/C43H79NO5/c1-3-5-7-9-11-12-13-14-15-16-17-18-19-20-21-22-23-24-26-28-34-38-43(48)49-40(35-31-27-25-10-8-6-4-2)36-32-29-30-33-37-41(45)44-39-42(46)47/h16-17,31,35,40H,3-15,18-30,32-34,36-39H2,1-2H3,(H,44,45)(H,46,47)/b17-16-,35-31-. The van der Waals surface area contributed by atoms with Crippen LogP contribution in [-0.4, -0.2) is 35.6 Å². The fourth-order valence-corrected chi connectivity index (χ4v) is 6.18. The van der Waals surface area contributed by atoms with Gasteiger partial charge in [-0.25, -0.2) is 0 Å². The van der Waals surface area contributed by atoms with Crippen molar-refractivity contribution in [1.29, 1.82) is 0 Å². The first kappa shape index (κ1) is 46.9. The molecule has 0 spiro atoms. The number of amides is 1. The molecule has 0 aliphatic heterocycles. The molecule has 0 saturated carbocycles. The molecule has 0 aromatic rings. The van der Waals surface area contributed by atoms with Gasteiger partial charge in [-0.15, -0.1) is 0 Å². The number of carboxylic acid groups (broad SMARTS) is 1. The molecule has 0 saturated heterocycles. The number of hydrogen-bond donors (Lipinski definition) is 2. The summed E-state index contributed by atoms with van der Waals surface area (Å²) in [7, 11) is 0. The van der Waals surface area contributed by atoms with Gasteiger partial charge in [-0.2, -0.15) is 0 Å². The number of rotatable bonds is 38. The van der Waals surface area contributed by atoms with E-state index in [2.05, 4.69) is 43.5 Å². The van der Waals surface area contributed by atoms with Crippen LogP contribution in [0.25, 0.3) is 0 Å². The minimum atomic E-state index is -1.03. The van der Waals surface area contributed by atoms with E-state index < -0.39 is 5.97 Å². The summed E-state index contributed by atoms with van der Waals surface area (Å²) in [5.74, 6) is -1.32. The lowest BCUT2D eigenvalue weighted by Crippen LogP contribution is -2.28. The van der Waals surface area contributed by atoms with Crippen molar-refractivity contribution in [2.45, 2.75) is 225 Å². The quantitative estimate of drug-likeness (QED) is 0.0382. The van der Waals surface area contributed by atoms with Crippen molar-refractivity contribution in [2.24, 2.45) is 0 Å². The van der Waals surface area contributed by atoms with Gasteiger partial charge in [-0.05, 0) is 70.3 Å². The van der Waals surface area contributed by atoms with Gasteiger partial charge in [0.25, 0.3) is 0 Å². The average Bonchev–Trinajstić information content (AvgIpc) is 3.08. The van der Waals surface area contributed by atoms with Gasteiger partial charge in [0.05, 0.1) is 0 Å². The van der Waals surface area contributed by atoms with Crippen LogP contribution in [0.2, 0.25) is 0 Å². The van der Waals surface area contributed by atoms with Crippen LogP contribution in [0, 0.1) is 0 Å². The van der Waals surface area contributed by atoms with Gasteiger partial charge >= 0.3 is 11.9 Å². The normalized spacial score (nSPS) is 12.2. The molecule has 1 unspecified atom stereocenters. The van der Waals surface area contributed by atoms with Crippen LogP contribution in [0.4, 0.5) is 0 Å². The molecule has 0 bridgehead atoms. The Morgan fingerprint density at radius 2 is 0.939 bits per heavy atom. The van der Waals surface area contributed by atoms with Gasteiger partial charge in [0.15, 0.2) is 0 Å². The molecular weight excluding hydrogens is 610 g/mol. The zero-order chi connectivity index (χ0) is 35.9. The van der Waals surface area contributed by atoms with E-state index in [1.807, 2.05) is 0 Å². The Morgan fingerprint density at radius 1 is 0.531 bits per heavy atom. The molecule has 0 aromatic carbocycles. The van der Waals surface area contributed by atoms with Crippen LogP contribution in [0.5, 0.6) is 0 Å². The maximum Gasteiger partial charge on any atom is 0.322 e. The molecule has 1 atom stereocenters. The fourth-order valence-electron chi connectivity index (χ4n) is 6.18. The van der Waals surface area contributed by atoms with Crippen LogP contribution in [-0.2, 0) is 19.1 Å². The number of nitrogens with one attached hydrogen (secondary N) is 1. The number of allylic oxidation sites excluding steroid dienone is 3. The summed E-state index contributed by atoms with van der Waals surface area (Å²) in [5.41, 5.74) is 0. The second-order valence-electron chi connectivity index (χ2n) is 14.2. The second kappa shape index (κ2) is 38.7.